The van der Waals surface area contributed by atoms with Gasteiger partial charge in [-0.05, 0) is 30.2 Å². The van der Waals surface area contributed by atoms with Gasteiger partial charge in [0.2, 0.25) is 5.91 Å². The van der Waals surface area contributed by atoms with Crippen molar-refractivity contribution in [3.63, 3.8) is 0 Å². The smallest absolute Gasteiger partial charge is 0.239 e. The van der Waals surface area contributed by atoms with Crippen molar-refractivity contribution in [1.82, 2.24) is 4.90 Å². The van der Waals surface area contributed by atoms with E-state index in [9.17, 15) is 4.79 Å². The molecule has 0 saturated carbocycles. The third kappa shape index (κ3) is 5.02. The number of nitrogens with zero attached hydrogens (tertiary/aromatic N) is 1. The van der Waals surface area contributed by atoms with Crippen LogP contribution in [0.1, 0.15) is 20.3 Å². The van der Waals surface area contributed by atoms with Gasteiger partial charge in [-0.25, -0.2) is 0 Å². The molecule has 0 aliphatic rings. The van der Waals surface area contributed by atoms with Crippen LogP contribution in [-0.2, 0) is 4.79 Å². The fourth-order valence-electron chi connectivity index (χ4n) is 1.69. The van der Waals surface area contributed by atoms with E-state index in [1.807, 2.05) is 13.8 Å². The van der Waals surface area contributed by atoms with E-state index in [1.54, 1.807) is 36.2 Å². The van der Waals surface area contributed by atoms with Gasteiger partial charge in [-0.3, -0.25) is 4.79 Å². The molecule has 1 rings (SSSR count). The molecule has 0 radical (unpaired) electrons. The minimum atomic E-state index is -0.444. The SMILES string of the molecule is CCC(C)[C@H](N)C(=O)N(C)CCOc1ccc(Cl)cc1. The molecule has 1 aromatic rings. The summed E-state index contributed by atoms with van der Waals surface area (Å²) in [6, 6.07) is 6.69. The first-order chi connectivity index (χ1) is 9.45. The molecule has 1 unspecified atom stereocenters. The molecule has 0 bridgehead atoms. The number of hydrogen-bond donors (Lipinski definition) is 1. The summed E-state index contributed by atoms with van der Waals surface area (Å²) in [5.41, 5.74) is 5.92. The quantitative estimate of drug-likeness (QED) is 0.841. The largest absolute Gasteiger partial charge is 0.492 e. The highest BCUT2D eigenvalue weighted by molar-refractivity contribution is 6.30. The van der Waals surface area contributed by atoms with Crippen molar-refractivity contribution in [2.75, 3.05) is 20.2 Å². The highest BCUT2D eigenvalue weighted by Gasteiger charge is 2.22. The summed E-state index contributed by atoms with van der Waals surface area (Å²) in [4.78, 5) is 13.7. The van der Waals surface area contributed by atoms with E-state index in [4.69, 9.17) is 22.1 Å². The van der Waals surface area contributed by atoms with Crippen molar-refractivity contribution < 1.29 is 9.53 Å². The van der Waals surface area contributed by atoms with Gasteiger partial charge in [0.05, 0.1) is 12.6 Å². The van der Waals surface area contributed by atoms with Crippen LogP contribution in [0.3, 0.4) is 0 Å². The second-order valence-corrected chi connectivity index (χ2v) is 5.41. The average Bonchev–Trinajstić information content (AvgIpc) is 2.46. The topological polar surface area (TPSA) is 55.6 Å². The minimum absolute atomic E-state index is 0.0425. The van der Waals surface area contributed by atoms with Crippen molar-refractivity contribution in [2.45, 2.75) is 26.3 Å². The van der Waals surface area contributed by atoms with E-state index in [0.717, 1.165) is 12.2 Å². The standard InChI is InChI=1S/C15H23ClN2O2/c1-4-11(2)14(17)15(19)18(3)9-10-20-13-7-5-12(16)6-8-13/h5-8,11,14H,4,9-10,17H2,1-3H3/t11?,14-/m0/s1. The van der Waals surface area contributed by atoms with Gasteiger partial charge in [-0.2, -0.15) is 0 Å². The van der Waals surface area contributed by atoms with Crippen LogP contribution in [0.5, 0.6) is 5.75 Å². The van der Waals surface area contributed by atoms with Crippen molar-refractivity contribution in [1.29, 1.82) is 0 Å². The predicted molar refractivity (Wildman–Crippen MR) is 82.0 cm³/mol. The maximum atomic E-state index is 12.1. The molecule has 5 heteroatoms. The van der Waals surface area contributed by atoms with Crippen molar-refractivity contribution in [3.8, 4) is 5.75 Å². The van der Waals surface area contributed by atoms with Gasteiger partial charge in [0.1, 0.15) is 12.4 Å². The number of likely N-dealkylation sites (N-methyl/N-ethyl adjacent to an activating group) is 1. The summed E-state index contributed by atoms with van der Waals surface area (Å²) in [5.74, 6) is 0.877. The molecule has 0 aliphatic heterocycles. The van der Waals surface area contributed by atoms with Crippen LogP contribution in [0.25, 0.3) is 0 Å². The number of ether oxygens (including phenoxy) is 1. The molecule has 4 nitrogen and oxygen atoms in total. The zero-order valence-electron chi connectivity index (χ0n) is 12.3. The Morgan fingerprint density at radius 2 is 2.00 bits per heavy atom. The molecule has 0 heterocycles. The Hall–Kier alpha value is -1.26. The van der Waals surface area contributed by atoms with E-state index in [0.29, 0.717) is 18.2 Å². The third-order valence-corrected chi connectivity index (χ3v) is 3.68. The molecule has 2 N–H and O–H groups in total. The molecule has 0 saturated heterocycles. The van der Waals surface area contributed by atoms with Crippen LogP contribution in [0, 0.1) is 5.92 Å². The molecule has 1 amide bonds. The number of nitrogens with two attached hydrogens (primary N) is 1. The molecule has 0 spiro atoms. The lowest BCUT2D eigenvalue weighted by Crippen LogP contribution is -2.46. The van der Waals surface area contributed by atoms with Gasteiger partial charge in [0, 0.05) is 12.1 Å². The van der Waals surface area contributed by atoms with Crippen LogP contribution in [0.4, 0.5) is 0 Å². The fourth-order valence-corrected chi connectivity index (χ4v) is 1.82. The summed E-state index contributed by atoms with van der Waals surface area (Å²) < 4.78 is 5.56. The van der Waals surface area contributed by atoms with Gasteiger partial charge in [0.25, 0.3) is 0 Å². The summed E-state index contributed by atoms with van der Waals surface area (Å²) in [6.45, 7) is 4.95. The van der Waals surface area contributed by atoms with Gasteiger partial charge < -0.3 is 15.4 Å². The highest BCUT2D eigenvalue weighted by Crippen LogP contribution is 2.15. The molecule has 0 fully saturated rings. The Morgan fingerprint density at radius 1 is 1.40 bits per heavy atom. The number of carbonyl (C=O) groups excluding carboxylic acids is 1. The van der Waals surface area contributed by atoms with E-state index < -0.39 is 6.04 Å². The molecule has 0 aliphatic carbocycles. The van der Waals surface area contributed by atoms with Crippen molar-refractivity contribution >= 4 is 17.5 Å². The molecule has 0 aromatic heterocycles. The zero-order chi connectivity index (χ0) is 15.1. The van der Waals surface area contributed by atoms with Crippen LogP contribution in [-0.4, -0.2) is 37.0 Å². The van der Waals surface area contributed by atoms with E-state index in [-0.39, 0.29) is 11.8 Å². The van der Waals surface area contributed by atoms with Crippen LogP contribution < -0.4 is 10.5 Å². The Morgan fingerprint density at radius 3 is 2.55 bits per heavy atom. The first kappa shape index (κ1) is 16.8. The normalized spacial score (nSPS) is 13.7. The van der Waals surface area contributed by atoms with E-state index in [2.05, 4.69) is 0 Å². The second kappa shape index (κ2) is 8.12. The predicted octanol–water partition coefficient (Wildman–Crippen LogP) is 2.55. The van der Waals surface area contributed by atoms with Gasteiger partial charge in [-0.1, -0.05) is 31.9 Å². The fraction of sp³-hybridized carbons (Fsp3) is 0.533. The third-order valence-electron chi connectivity index (χ3n) is 3.43. The average molecular weight is 299 g/mol. The van der Waals surface area contributed by atoms with Crippen molar-refractivity contribution in [2.24, 2.45) is 11.7 Å². The van der Waals surface area contributed by atoms with Crippen LogP contribution in [0.2, 0.25) is 5.02 Å². The van der Waals surface area contributed by atoms with Crippen LogP contribution >= 0.6 is 11.6 Å². The van der Waals surface area contributed by atoms with Crippen molar-refractivity contribution in [3.05, 3.63) is 29.3 Å². The monoisotopic (exact) mass is 298 g/mol. The number of carbonyl (C=O) groups is 1. The molecular weight excluding hydrogens is 276 g/mol. The Balaban J connectivity index is 2.37. The number of rotatable bonds is 7. The number of halogens is 1. The molecular formula is C15H23ClN2O2. The Labute approximate surface area is 125 Å². The summed E-state index contributed by atoms with van der Waals surface area (Å²) >= 11 is 5.79. The first-order valence-electron chi connectivity index (χ1n) is 6.84. The van der Waals surface area contributed by atoms with E-state index in [1.165, 1.54) is 0 Å². The summed E-state index contributed by atoms with van der Waals surface area (Å²) in [6.07, 6.45) is 0.891. The summed E-state index contributed by atoms with van der Waals surface area (Å²) in [5, 5.41) is 0.671. The molecule has 1 aromatic carbocycles. The van der Waals surface area contributed by atoms with Gasteiger partial charge in [0.15, 0.2) is 0 Å². The summed E-state index contributed by atoms with van der Waals surface area (Å²) in [7, 11) is 1.75. The lowest BCUT2D eigenvalue weighted by Gasteiger charge is -2.24. The minimum Gasteiger partial charge on any atom is -0.492 e. The number of hydrogen-bond acceptors (Lipinski definition) is 3. The van der Waals surface area contributed by atoms with Gasteiger partial charge >= 0.3 is 0 Å². The number of amides is 1. The number of benzene rings is 1. The first-order valence-corrected chi connectivity index (χ1v) is 7.22. The maximum Gasteiger partial charge on any atom is 0.239 e. The maximum absolute atomic E-state index is 12.1. The van der Waals surface area contributed by atoms with Crippen LogP contribution in [0.15, 0.2) is 24.3 Å². The Bertz CT molecular complexity index is 422. The second-order valence-electron chi connectivity index (χ2n) is 4.97. The molecule has 20 heavy (non-hydrogen) atoms. The molecule has 112 valence electrons. The zero-order valence-corrected chi connectivity index (χ0v) is 13.1. The molecule has 2 atom stereocenters. The van der Waals surface area contributed by atoms with Gasteiger partial charge in [-0.15, -0.1) is 0 Å². The Kier molecular flexibility index (Phi) is 6.82. The lowest BCUT2D eigenvalue weighted by atomic mass is 9.99. The van der Waals surface area contributed by atoms with E-state index >= 15 is 0 Å². The lowest BCUT2D eigenvalue weighted by molar-refractivity contribution is -0.132. The highest BCUT2D eigenvalue weighted by atomic mass is 35.5.